The van der Waals surface area contributed by atoms with Gasteiger partial charge in [-0.1, -0.05) is 121 Å². The van der Waals surface area contributed by atoms with Gasteiger partial charge in [-0.05, 0) is 46.8 Å². The molecule has 5 nitrogen and oxygen atoms in total. The van der Waals surface area contributed by atoms with Gasteiger partial charge in [0.25, 0.3) is 0 Å². The maximum absolute atomic E-state index is 6.48. The summed E-state index contributed by atoms with van der Waals surface area (Å²) in [6, 6.07) is 52.1. The first-order valence-electron chi connectivity index (χ1n) is 16.1. The van der Waals surface area contributed by atoms with E-state index in [1.165, 1.54) is 0 Å². The monoisotopic (exact) mass is 617 g/mol. The molecule has 0 bridgehead atoms. The van der Waals surface area contributed by atoms with Gasteiger partial charge in [0.1, 0.15) is 34.0 Å². The third-order valence-corrected chi connectivity index (χ3v) is 9.32. The summed E-state index contributed by atoms with van der Waals surface area (Å²) in [7, 11) is 0. The number of para-hydroxylation sites is 2. The Kier molecular flexibility index (Phi) is 5.87. The van der Waals surface area contributed by atoms with E-state index < -0.39 is 6.17 Å². The first kappa shape index (κ1) is 26.7. The van der Waals surface area contributed by atoms with Crippen LogP contribution in [-0.4, -0.2) is 11.7 Å². The van der Waals surface area contributed by atoms with Crippen LogP contribution in [0.2, 0.25) is 0 Å². The number of aliphatic imine (C=N–C) groups is 2. The number of nitrogens with one attached hydrogen (secondary N) is 1. The average molecular weight is 618 g/mol. The first-order valence-corrected chi connectivity index (χ1v) is 16.1. The summed E-state index contributed by atoms with van der Waals surface area (Å²) >= 11 is 0. The minimum Gasteiger partial charge on any atom is -0.456 e. The van der Waals surface area contributed by atoms with Gasteiger partial charge in [-0.3, -0.25) is 0 Å². The van der Waals surface area contributed by atoms with E-state index in [0.29, 0.717) is 0 Å². The zero-order chi connectivity index (χ0) is 31.6. The fourth-order valence-corrected chi connectivity index (χ4v) is 7.10. The molecule has 0 saturated carbocycles. The van der Waals surface area contributed by atoms with Crippen LogP contribution in [0.1, 0.15) is 22.9 Å². The summed E-state index contributed by atoms with van der Waals surface area (Å²) in [6.07, 6.45) is -0.520. The van der Waals surface area contributed by atoms with E-state index in [1.54, 1.807) is 0 Å². The number of fused-ring (bicyclic) bond motifs is 8. The highest BCUT2D eigenvalue weighted by Gasteiger charge is 2.26. The van der Waals surface area contributed by atoms with E-state index in [0.717, 1.165) is 94.1 Å². The molecule has 3 heterocycles. The number of benzene rings is 7. The lowest BCUT2D eigenvalue weighted by Crippen LogP contribution is -2.36. The van der Waals surface area contributed by atoms with Crippen LogP contribution < -0.4 is 5.32 Å². The lowest BCUT2D eigenvalue weighted by Gasteiger charge is -2.24. The van der Waals surface area contributed by atoms with Crippen molar-refractivity contribution in [3.63, 3.8) is 0 Å². The molecule has 7 aromatic carbocycles. The molecular weight excluding hydrogens is 590 g/mol. The minimum atomic E-state index is -0.520. The van der Waals surface area contributed by atoms with Gasteiger partial charge in [0, 0.05) is 43.6 Å². The molecule has 0 saturated heterocycles. The molecule has 1 N–H and O–H groups in total. The quantitative estimate of drug-likeness (QED) is 0.214. The molecule has 10 rings (SSSR count). The van der Waals surface area contributed by atoms with Crippen LogP contribution >= 0.6 is 0 Å². The maximum atomic E-state index is 6.48. The average Bonchev–Trinajstić information content (AvgIpc) is 3.73. The molecule has 1 aliphatic rings. The molecule has 5 heteroatoms. The number of hydrogen-bond donors (Lipinski definition) is 1. The van der Waals surface area contributed by atoms with Gasteiger partial charge < -0.3 is 14.2 Å². The highest BCUT2D eigenvalue weighted by molar-refractivity contribution is 6.24. The van der Waals surface area contributed by atoms with Crippen LogP contribution in [0.3, 0.4) is 0 Å². The molecule has 1 aliphatic heterocycles. The summed E-state index contributed by atoms with van der Waals surface area (Å²) < 4.78 is 12.9. The van der Waals surface area contributed by atoms with Crippen molar-refractivity contribution in [1.29, 1.82) is 0 Å². The molecule has 0 radical (unpaired) electrons. The van der Waals surface area contributed by atoms with Gasteiger partial charge in [-0.15, -0.1) is 0 Å². The molecule has 226 valence electrons. The zero-order valence-corrected chi connectivity index (χ0v) is 25.7. The molecular formula is C43H27N3O2. The first-order chi connectivity index (χ1) is 23.8. The van der Waals surface area contributed by atoms with Crippen molar-refractivity contribution < 1.29 is 8.83 Å². The molecule has 0 amide bonds. The van der Waals surface area contributed by atoms with Crippen molar-refractivity contribution in [2.24, 2.45) is 9.98 Å². The Hall–Kier alpha value is -6.46. The summed E-state index contributed by atoms with van der Waals surface area (Å²) in [5.41, 5.74) is 8.53. The second kappa shape index (κ2) is 10.5. The van der Waals surface area contributed by atoms with Gasteiger partial charge in [0.05, 0.1) is 0 Å². The van der Waals surface area contributed by atoms with Crippen LogP contribution in [0, 0.1) is 0 Å². The van der Waals surface area contributed by atoms with Crippen molar-refractivity contribution >= 4 is 66.3 Å². The van der Waals surface area contributed by atoms with Gasteiger partial charge in [0.15, 0.2) is 6.17 Å². The Morgan fingerprint density at radius 3 is 1.81 bits per heavy atom. The van der Waals surface area contributed by atoms with E-state index in [9.17, 15) is 0 Å². The van der Waals surface area contributed by atoms with Crippen LogP contribution in [0.5, 0.6) is 0 Å². The van der Waals surface area contributed by atoms with Crippen LogP contribution in [0.4, 0.5) is 0 Å². The molecule has 1 atom stereocenters. The lowest BCUT2D eigenvalue weighted by atomic mass is 9.96. The lowest BCUT2D eigenvalue weighted by molar-refractivity contribution is 0.669. The molecule has 0 fully saturated rings. The summed E-state index contributed by atoms with van der Waals surface area (Å²) in [5, 5.41) is 9.96. The third-order valence-electron chi connectivity index (χ3n) is 9.32. The molecule has 9 aromatic rings. The van der Waals surface area contributed by atoms with Gasteiger partial charge in [-0.2, -0.15) is 0 Å². The van der Waals surface area contributed by atoms with E-state index in [4.69, 9.17) is 18.8 Å². The highest BCUT2D eigenvalue weighted by atomic mass is 16.3. The van der Waals surface area contributed by atoms with E-state index in [-0.39, 0.29) is 0 Å². The number of amidine groups is 2. The van der Waals surface area contributed by atoms with Gasteiger partial charge in [-0.25, -0.2) is 9.98 Å². The fraction of sp³-hybridized carbons (Fsp3) is 0.0233. The zero-order valence-electron chi connectivity index (χ0n) is 25.7. The Morgan fingerprint density at radius 2 is 1.04 bits per heavy atom. The topological polar surface area (TPSA) is 63.0 Å². The predicted octanol–water partition coefficient (Wildman–Crippen LogP) is 10.8. The normalized spacial score (nSPS) is 14.9. The SMILES string of the molecule is c1ccc(C2=NC(c3cc4c5ccccc5oc4c4ccccc34)N=C(c3cc(-c4ccccc4)cc4oc5ccccc5c34)N2)cc1. The third kappa shape index (κ3) is 4.18. The smallest absolute Gasteiger partial charge is 0.170 e. The van der Waals surface area contributed by atoms with Gasteiger partial charge in [0.2, 0.25) is 0 Å². The van der Waals surface area contributed by atoms with E-state index in [2.05, 4.69) is 108 Å². The van der Waals surface area contributed by atoms with Crippen molar-refractivity contribution in [2.75, 3.05) is 0 Å². The second-order valence-corrected chi connectivity index (χ2v) is 12.2. The van der Waals surface area contributed by atoms with Crippen molar-refractivity contribution in [3.05, 3.63) is 168 Å². The summed E-state index contributed by atoms with van der Waals surface area (Å²) in [4.78, 5) is 10.7. The highest BCUT2D eigenvalue weighted by Crippen LogP contribution is 2.41. The number of furan rings is 2. The van der Waals surface area contributed by atoms with Crippen molar-refractivity contribution in [2.45, 2.75) is 6.17 Å². The Labute approximate surface area is 275 Å². The van der Waals surface area contributed by atoms with Crippen LogP contribution in [0.15, 0.2) is 170 Å². The van der Waals surface area contributed by atoms with Crippen molar-refractivity contribution in [3.8, 4) is 11.1 Å². The van der Waals surface area contributed by atoms with Crippen molar-refractivity contribution in [1.82, 2.24) is 5.32 Å². The number of hydrogen-bond acceptors (Lipinski definition) is 5. The molecule has 48 heavy (non-hydrogen) atoms. The van der Waals surface area contributed by atoms with E-state index in [1.807, 2.05) is 48.5 Å². The van der Waals surface area contributed by atoms with Crippen LogP contribution in [-0.2, 0) is 0 Å². The Bertz CT molecular complexity index is 2760. The summed E-state index contributed by atoms with van der Waals surface area (Å²) in [6.45, 7) is 0. The molecule has 1 unspecified atom stereocenters. The molecule has 0 aliphatic carbocycles. The largest absolute Gasteiger partial charge is 0.456 e. The molecule has 2 aromatic heterocycles. The predicted molar refractivity (Wildman–Crippen MR) is 196 cm³/mol. The van der Waals surface area contributed by atoms with Crippen LogP contribution in [0.25, 0.3) is 65.8 Å². The fourth-order valence-electron chi connectivity index (χ4n) is 7.10. The minimum absolute atomic E-state index is 0.520. The Balaban J connectivity index is 1.27. The second-order valence-electron chi connectivity index (χ2n) is 12.2. The number of nitrogens with zero attached hydrogens (tertiary/aromatic N) is 2. The summed E-state index contributed by atoms with van der Waals surface area (Å²) in [5.74, 6) is 1.50. The standard InChI is InChI=1S/C43H27N3O2/c1-3-13-26(14-4-1)28-23-35(39-32-20-10-12-22-37(32)47-38(39)24-28)43-45-41(27-15-5-2-6-16-27)44-42(46-43)34-25-33-30-18-9-11-21-36(30)48-40(33)31-19-8-7-17-29(31)34/h1-25,42H,(H,44,45,46). The maximum Gasteiger partial charge on any atom is 0.170 e. The number of rotatable bonds is 4. The van der Waals surface area contributed by atoms with Gasteiger partial charge >= 0.3 is 0 Å². The Morgan fingerprint density at radius 1 is 0.438 bits per heavy atom. The molecule has 0 spiro atoms. The van der Waals surface area contributed by atoms with E-state index >= 15 is 0 Å².